The molecule has 0 aromatic rings. The lowest BCUT2D eigenvalue weighted by molar-refractivity contribution is 0.204. The summed E-state index contributed by atoms with van der Waals surface area (Å²) in [6.07, 6.45) is 12.0. The van der Waals surface area contributed by atoms with E-state index in [0.29, 0.717) is 0 Å². The zero-order chi connectivity index (χ0) is 12.8. The molecule has 2 rings (SSSR count). The Hall–Kier alpha value is 0.270. The van der Waals surface area contributed by atoms with Crippen LogP contribution >= 0.6 is 11.8 Å². The van der Waals surface area contributed by atoms with Crippen LogP contribution in [0.3, 0.4) is 0 Å². The summed E-state index contributed by atoms with van der Waals surface area (Å²) in [5.74, 6) is 0. The highest BCUT2D eigenvalue weighted by atomic mass is 32.2. The van der Waals surface area contributed by atoms with Gasteiger partial charge in [-0.1, -0.05) is 0 Å². The molecule has 0 bridgehead atoms. The molecule has 2 nitrogen and oxygen atoms in total. The zero-order valence-corrected chi connectivity index (χ0v) is 13.0. The van der Waals surface area contributed by atoms with Gasteiger partial charge in [0.05, 0.1) is 0 Å². The molecule has 3 heteroatoms. The van der Waals surface area contributed by atoms with Crippen LogP contribution in [0, 0.1) is 0 Å². The second-order valence-electron chi connectivity index (χ2n) is 6.04. The summed E-state index contributed by atoms with van der Waals surface area (Å²) in [6.45, 7) is 6.31. The van der Waals surface area contributed by atoms with E-state index in [1.165, 1.54) is 64.6 Å². The number of nitrogens with one attached hydrogen (secondary N) is 1. The maximum Gasteiger partial charge on any atom is 0.00682 e. The fraction of sp³-hybridized carbons (Fsp3) is 1.00. The molecule has 18 heavy (non-hydrogen) atoms. The van der Waals surface area contributed by atoms with Gasteiger partial charge in [-0.3, -0.25) is 0 Å². The number of nitrogens with zero attached hydrogens (tertiary/aromatic N) is 1. The van der Waals surface area contributed by atoms with Gasteiger partial charge in [0, 0.05) is 17.3 Å². The largest absolute Gasteiger partial charge is 0.314 e. The van der Waals surface area contributed by atoms with Crippen LogP contribution in [0.4, 0.5) is 0 Å². The summed E-state index contributed by atoms with van der Waals surface area (Å²) in [5, 5.41) is 4.54. The third-order valence-corrected chi connectivity index (χ3v) is 5.61. The van der Waals surface area contributed by atoms with Gasteiger partial charge < -0.3 is 10.2 Å². The summed E-state index contributed by atoms with van der Waals surface area (Å²) in [5.41, 5.74) is 0. The van der Waals surface area contributed by atoms with E-state index in [1.54, 1.807) is 0 Å². The monoisotopic (exact) mass is 270 g/mol. The molecular weight excluding hydrogens is 240 g/mol. The maximum atomic E-state index is 3.62. The summed E-state index contributed by atoms with van der Waals surface area (Å²) < 4.78 is 0. The van der Waals surface area contributed by atoms with E-state index in [2.05, 4.69) is 35.2 Å². The van der Waals surface area contributed by atoms with Gasteiger partial charge in [0.2, 0.25) is 0 Å². The van der Waals surface area contributed by atoms with Gasteiger partial charge in [-0.25, -0.2) is 0 Å². The Balaban J connectivity index is 1.59. The molecule has 0 aromatic heterocycles. The first-order valence-corrected chi connectivity index (χ1v) is 9.08. The smallest absolute Gasteiger partial charge is 0.00682 e. The molecule has 0 amide bonds. The van der Waals surface area contributed by atoms with Gasteiger partial charge in [0.25, 0.3) is 0 Å². The van der Waals surface area contributed by atoms with E-state index < -0.39 is 0 Å². The third kappa shape index (κ3) is 5.10. The van der Waals surface area contributed by atoms with Crippen LogP contribution in [-0.2, 0) is 0 Å². The molecule has 0 radical (unpaired) electrons. The van der Waals surface area contributed by atoms with Gasteiger partial charge >= 0.3 is 0 Å². The fourth-order valence-corrected chi connectivity index (χ4v) is 3.68. The SMILES string of the molecule is CSC1CCCN(C(C)CCCNC2CC2)CC1. The summed E-state index contributed by atoms with van der Waals surface area (Å²) in [6, 6.07) is 1.66. The van der Waals surface area contributed by atoms with Crippen LogP contribution in [0.5, 0.6) is 0 Å². The van der Waals surface area contributed by atoms with E-state index in [0.717, 1.165) is 17.3 Å². The molecule has 2 unspecified atom stereocenters. The van der Waals surface area contributed by atoms with Crippen molar-refractivity contribution in [2.75, 3.05) is 25.9 Å². The van der Waals surface area contributed by atoms with Crippen LogP contribution in [-0.4, -0.2) is 48.1 Å². The Morgan fingerprint density at radius 1 is 1.22 bits per heavy atom. The maximum absolute atomic E-state index is 3.62. The van der Waals surface area contributed by atoms with Gasteiger partial charge in [-0.15, -0.1) is 0 Å². The van der Waals surface area contributed by atoms with Crippen LogP contribution in [0.15, 0.2) is 0 Å². The highest BCUT2D eigenvalue weighted by Gasteiger charge is 2.21. The van der Waals surface area contributed by atoms with Crippen molar-refractivity contribution >= 4 is 11.8 Å². The summed E-state index contributed by atoms with van der Waals surface area (Å²) in [7, 11) is 0. The van der Waals surface area contributed by atoms with Crippen molar-refractivity contribution in [2.45, 2.75) is 69.2 Å². The normalized spacial score (nSPS) is 28.0. The van der Waals surface area contributed by atoms with Crippen LogP contribution in [0.25, 0.3) is 0 Å². The van der Waals surface area contributed by atoms with Crippen molar-refractivity contribution in [1.29, 1.82) is 0 Å². The minimum absolute atomic E-state index is 0.784. The topological polar surface area (TPSA) is 15.3 Å². The fourth-order valence-electron chi connectivity index (χ4n) is 2.94. The molecule has 1 aliphatic carbocycles. The molecule has 1 aliphatic heterocycles. The molecule has 2 atom stereocenters. The third-order valence-electron chi connectivity index (χ3n) is 4.48. The Kier molecular flexibility index (Phi) is 6.33. The molecule has 1 saturated carbocycles. The second kappa shape index (κ2) is 7.76. The summed E-state index contributed by atoms with van der Waals surface area (Å²) in [4.78, 5) is 2.73. The lowest BCUT2D eigenvalue weighted by atomic mass is 10.1. The van der Waals surface area contributed by atoms with Crippen LogP contribution in [0.1, 0.15) is 51.9 Å². The number of hydrogen-bond donors (Lipinski definition) is 1. The number of likely N-dealkylation sites (tertiary alicyclic amines) is 1. The molecule has 106 valence electrons. The van der Waals surface area contributed by atoms with E-state index in [1.807, 2.05) is 0 Å². The Labute approximate surface area is 117 Å². The van der Waals surface area contributed by atoms with Gasteiger partial charge in [0.1, 0.15) is 0 Å². The lowest BCUT2D eigenvalue weighted by Gasteiger charge is -2.27. The molecule has 0 aromatic carbocycles. The summed E-state index contributed by atoms with van der Waals surface area (Å²) >= 11 is 2.07. The minimum Gasteiger partial charge on any atom is -0.314 e. The number of thioether (sulfide) groups is 1. The van der Waals surface area contributed by atoms with E-state index >= 15 is 0 Å². The first-order valence-electron chi connectivity index (χ1n) is 7.80. The molecule has 0 spiro atoms. The second-order valence-corrected chi connectivity index (χ2v) is 7.18. The molecule has 2 aliphatic rings. The van der Waals surface area contributed by atoms with Crippen molar-refractivity contribution < 1.29 is 0 Å². The highest BCUT2D eigenvalue weighted by Crippen LogP contribution is 2.23. The van der Waals surface area contributed by atoms with Crippen molar-refractivity contribution in [3.05, 3.63) is 0 Å². The van der Waals surface area contributed by atoms with Crippen LogP contribution in [0.2, 0.25) is 0 Å². The van der Waals surface area contributed by atoms with Crippen molar-refractivity contribution in [1.82, 2.24) is 10.2 Å². The standard InChI is InChI=1S/C15H30N2S/c1-13(5-3-10-16-14-7-8-14)17-11-4-6-15(18-2)9-12-17/h13-16H,3-12H2,1-2H3. The molecule has 1 N–H and O–H groups in total. The predicted octanol–water partition coefficient (Wildman–Crippen LogP) is 3.12. The Bertz CT molecular complexity index is 231. The first-order chi connectivity index (χ1) is 8.79. The van der Waals surface area contributed by atoms with Crippen molar-refractivity contribution in [3.8, 4) is 0 Å². The number of hydrogen-bond acceptors (Lipinski definition) is 3. The zero-order valence-electron chi connectivity index (χ0n) is 12.2. The molecule has 2 fully saturated rings. The average Bonchev–Trinajstić information content (AvgIpc) is 3.20. The quantitative estimate of drug-likeness (QED) is 0.716. The molecular formula is C15H30N2S. The van der Waals surface area contributed by atoms with E-state index in [9.17, 15) is 0 Å². The van der Waals surface area contributed by atoms with Crippen molar-refractivity contribution in [3.63, 3.8) is 0 Å². The highest BCUT2D eigenvalue weighted by molar-refractivity contribution is 7.99. The average molecular weight is 270 g/mol. The minimum atomic E-state index is 0.784. The van der Waals surface area contributed by atoms with E-state index in [4.69, 9.17) is 0 Å². The van der Waals surface area contributed by atoms with Gasteiger partial charge in [-0.05, 0) is 77.8 Å². The van der Waals surface area contributed by atoms with Crippen LogP contribution < -0.4 is 5.32 Å². The Morgan fingerprint density at radius 3 is 2.78 bits per heavy atom. The Morgan fingerprint density at radius 2 is 2.06 bits per heavy atom. The first kappa shape index (κ1) is 14.7. The lowest BCUT2D eigenvalue weighted by Crippen LogP contribution is -2.34. The predicted molar refractivity (Wildman–Crippen MR) is 82.4 cm³/mol. The van der Waals surface area contributed by atoms with Crippen molar-refractivity contribution in [2.24, 2.45) is 0 Å². The van der Waals surface area contributed by atoms with Gasteiger partial charge in [0.15, 0.2) is 0 Å². The van der Waals surface area contributed by atoms with E-state index in [-0.39, 0.29) is 0 Å². The van der Waals surface area contributed by atoms with Gasteiger partial charge in [-0.2, -0.15) is 11.8 Å². The molecule has 1 saturated heterocycles. The molecule has 1 heterocycles. The number of rotatable bonds is 7.